The van der Waals surface area contributed by atoms with E-state index in [9.17, 15) is 17.6 Å². The lowest BCUT2D eigenvalue weighted by Gasteiger charge is -2.19. The third-order valence-corrected chi connectivity index (χ3v) is 7.29. The van der Waals surface area contributed by atoms with E-state index in [2.05, 4.69) is 25.6 Å². The van der Waals surface area contributed by atoms with Crippen molar-refractivity contribution in [2.75, 3.05) is 28.8 Å². The largest absolute Gasteiger partial charge is 0.327 e. The molecule has 5 aromatic rings. The summed E-state index contributed by atoms with van der Waals surface area (Å²) in [5.74, 6) is 0.462. The second-order valence-corrected chi connectivity index (χ2v) is 11.8. The number of hydrogen-bond donors (Lipinski definition) is 2. The number of aromatic nitrogens is 4. The number of carbonyl (C=O) groups excluding carboxylic acids is 1. The van der Waals surface area contributed by atoms with Gasteiger partial charge in [0.25, 0.3) is 0 Å². The summed E-state index contributed by atoms with van der Waals surface area (Å²) >= 11 is 0. The summed E-state index contributed by atoms with van der Waals surface area (Å²) in [4.78, 5) is 28.2. The highest BCUT2D eigenvalue weighted by atomic mass is 32.2. The van der Waals surface area contributed by atoms with Crippen molar-refractivity contribution in [3.63, 3.8) is 0 Å². The van der Waals surface area contributed by atoms with Crippen LogP contribution in [0, 0.1) is 5.82 Å². The maximum atomic E-state index is 14.0. The fourth-order valence-corrected chi connectivity index (χ4v) is 5.20. The molecule has 0 fully saturated rings. The lowest BCUT2D eigenvalue weighted by atomic mass is 10.1. The molecule has 2 heterocycles. The van der Waals surface area contributed by atoms with Gasteiger partial charge in [-0.05, 0) is 47.5 Å². The van der Waals surface area contributed by atoms with Crippen molar-refractivity contribution in [3.05, 3.63) is 95.9 Å². The average Bonchev–Trinajstić information content (AvgIpc) is 3.25. The van der Waals surface area contributed by atoms with Crippen LogP contribution in [0.15, 0.2) is 79.0 Å². The van der Waals surface area contributed by atoms with E-state index < -0.39 is 15.7 Å². The number of aryl methyl sites for hydroxylation is 1. The Hall–Kier alpha value is -4.84. The zero-order valence-corrected chi connectivity index (χ0v) is 23.5. The van der Waals surface area contributed by atoms with Crippen LogP contribution in [-0.4, -0.2) is 47.1 Å². The highest BCUT2D eigenvalue weighted by Gasteiger charge is 2.18. The van der Waals surface area contributed by atoms with Crippen molar-refractivity contribution in [1.82, 2.24) is 19.5 Å². The monoisotopic (exact) mass is 573 g/mol. The van der Waals surface area contributed by atoms with Crippen LogP contribution < -0.4 is 15.5 Å². The van der Waals surface area contributed by atoms with Crippen molar-refractivity contribution in [2.45, 2.75) is 12.2 Å². The highest BCUT2D eigenvalue weighted by Crippen LogP contribution is 2.31. The van der Waals surface area contributed by atoms with Crippen LogP contribution in [0.2, 0.25) is 0 Å². The summed E-state index contributed by atoms with van der Waals surface area (Å²) in [5.41, 5.74) is 3.90. The Morgan fingerprint density at radius 1 is 1.00 bits per heavy atom. The molecule has 12 heteroatoms. The van der Waals surface area contributed by atoms with E-state index in [0.29, 0.717) is 40.0 Å². The van der Waals surface area contributed by atoms with Crippen LogP contribution in [0.5, 0.6) is 0 Å². The van der Waals surface area contributed by atoms with E-state index in [1.165, 1.54) is 12.3 Å². The second kappa shape index (κ2) is 11.3. The van der Waals surface area contributed by atoms with Gasteiger partial charge in [0.15, 0.2) is 9.84 Å². The van der Waals surface area contributed by atoms with Crippen molar-refractivity contribution < 1.29 is 17.6 Å². The topological polar surface area (TPSA) is 122 Å². The quantitative estimate of drug-likeness (QED) is 0.259. The Morgan fingerprint density at radius 2 is 1.76 bits per heavy atom. The van der Waals surface area contributed by atoms with Crippen molar-refractivity contribution in [2.24, 2.45) is 7.05 Å². The van der Waals surface area contributed by atoms with Crippen LogP contribution in [0.25, 0.3) is 11.0 Å². The van der Waals surface area contributed by atoms with Crippen molar-refractivity contribution in [3.8, 4) is 0 Å². The molecule has 3 aromatic carbocycles. The van der Waals surface area contributed by atoms with E-state index in [4.69, 9.17) is 0 Å². The van der Waals surface area contributed by atoms with Gasteiger partial charge in [0, 0.05) is 32.2 Å². The minimum absolute atomic E-state index is 0.0277. The fraction of sp³-hybridized carbons (Fsp3) is 0.172. The van der Waals surface area contributed by atoms with Gasteiger partial charge in [-0.1, -0.05) is 36.4 Å². The van der Waals surface area contributed by atoms with E-state index in [1.807, 2.05) is 30.1 Å². The summed E-state index contributed by atoms with van der Waals surface area (Å²) in [6.45, 7) is 0. The molecule has 0 aliphatic carbocycles. The Kier molecular flexibility index (Phi) is 7.66. The molecule has 0 saturated heterocycles. The SMILES string of the molecule is CN(c1ccnc(Nc2ccc(CS(C)(=O)=O)cc2)n1)c1cccc2c1nc(NC(=O)Cc1ccccc1F)n2C. The van der Waals surface area contributed by atoms with E-state index in [0.717, 1.165) is 11.2 Å². The number of halogens is 1. The van der Waals surface area contributed by atoms with Gasteiger partial charge < -0.3 is 14.8 Å². The Balaban J connectivity index is 1.35. The Morgan fingerprint density at radius 3 is 2.49 bits per heavy atom. The molecule has 0 radical (unpaired) electrons. The number of carbonyl (C=O) groups is 1. The number of sulfone groups is 1. The molecule has 41 heavy (non-hydrogen) atoms. The number of para-hydroxylation sites is 1. The van der Waals surface area contributed by atoms with Crippen molar-refractivity contribution >= 4 is 55.9 Å². The second-order valence-electron chi connectivity index (χ2n) is 9.65. The van der Waals surface area contributed by atoms with Gasteiger partial charge in [-0.25, -0.2) is 22.8 Å². The molecule has 0 aliphatic heterocycles. The van der Waals surface area contributed by atoms with Gasteiger partial charge in [0.2, 0.25) is 17.8 Å². The van der Waals surface area contributed by atoms with Crippen LogP contribution >= 0.6 is 0 Å². The van der Waals surface area contributed by atoms with Crippen LogP contribution in [0.4, 0.5) is 33.5 Å². The molecule has 0 unspecified atom stereocenters. The lowest BCUT2D eigenvalue weighted by Crippen LogP contribution is -2.17. The summed E-state index contributed by atoms with van der Waals surface area (Å²) in [6, 6.07) is 20.7. The smallest absolute Gasteiger partial charge is 0.231 e. The number of rotatable bonds is 9. The summed E-state index contributed by atoms with van der Waals surface area (Å²) in [7, 11) is 0.531. The maximum absolute atomic E-state index is 14.0. The molecule has 0 aliphatic rings. The summed E-state index contributed by atoms with van der Waals surface area (Å²) in [5, 5.41) is 5.94. The number of amides is 1. The highest BCUT2D eigenvalue weighted by molar-refractivity contribution is 7.89. The fourth-order valence-electron chi connectivity index (χ4n) is 4.40. The Bertz CT molecular complexity index is 1840. The van der Waals surface area contributed by atoms with Gasteiger partial charge >= 0.3 is 0 Å². The van der Waals surface area contributed by atoms with Crippen LogP contribution in [0.3, 0.4) is 0 Å². The molecule has 0 spiro atoms. The molecular weight excluding hydrogens is 545 g/mol. The first-order valence-corrected chi connectivity index (χ1v) is 14.7. The standard InChI is InChI=1S/C29H28FN7O3S/c1-36(25-15-16-31-28(33-25)32-21-13-11-19(12-14-21)18-41(3,39)40)23-9-6-10-24-27(23)35-29(37(24)2)34-26(38)17-20-7-4-5-8-22(20)30/h4-16H,17-18H2,1-3H3,(H,31,32,33)(H,34,35,38). The Labute approximate surface area is 236 Å². The van der Waals surface area contributed by atoms with Gasteiger partial charge in [0.1, 0.15) is 17.2 Å². The number of anilines is 5. The lowest BCUT2D eigenvalue weighted by molar-refractivity contribution is -0.115. The number of nitrogens with zero attached hydrogens (tertiary/aromatic N) is 5. The third kappa shape index (κ3) is 6.49. The number of hydrogen-bond acceptors (Lipinski definition) is 8. The normalized spacial score (nSPS) is 11.4. The molecule has 5 rings (SSSR count). The van der Waals surface area contributed by atoms with Gasteiger partial charge in [0.05, 0.1) is 23.4 Å². The molecule has 10 nitrogen and oxygen atoms in total. The minimum Gasteiger partial charge on any atom is -0.327 e. The predicted octanol–water partition coefficient (Wildman–Crippen LogP) is 4.74. The zero-order chi connectivity index (χ0) is 29.1. The van der Waals surface area contributed by atoms with Crippen LogP contribution in [0.1, 0.15) is 11.1 Å². The number of fused-ring (bicyclic) bond motifs is 1. The van der Waals surface area contributed by atoms with E-state index >= 15 is 0 Å². The summed E-state index contributed by atoms with van der Waals surface area (Å²) in [6.07, 6.45) is 2.72. The predicted molar refractivity (Wildman–Crippen MR) is 158 cm³/mol. The molecule has 0 atom stereocenters. The molecule has 0 saturated carbocycles. The molecule has 1 amide bonds. The number of benzene rings is 3. The first-order chi connectivity index (χ1) is 19.6. The first-order valence-electron chi connectivity index (χ1n) is 12.7. The number of imidazole rings is 1. The maximum Gasteiger partial charge on any atom is 0.231 e. The zero-order valence-electron chi connectivity index (χ0n) is 22.7. The summed E-state index contributed by atoms with van der Waals surface area (Å²) < 4.78 is 38.9. The third-order valence-electron chi connectivity index (χ3n) is 6.44. The molecule has 2 aromatic heterocycles. The van der Waals surface area contributed by atoms with Gasteiger partial charge in [-0.15, -0.1) is 0 Å². The minimum atomic E-state index is -3.12. The van der Waals surface area contributed by atoms with Gasteiger partial charge in [-0.2, -0.15) is 4.98 Å². The van der Waals surface area contributed by atoms with E-state index in [1.54, 1.807) is 66.3 Å². The van der Waals surface area contributed by atoms with Crippen LogP contribution in [-0.2, 0) is 33.9 Å². The molecular formula is C29H28FN7O3S. The average molecular weight is 574 g/mol. The first kappa shape index (κ1) is 27.7. The molecule has 0 bridgehead atoms. The van der Waals surface area contributed by atoms with Crippen molar-refractivity contribution in [1.29, 1.82) is 0 Å². The van der Waals surface area contributed by atoms with E-state index in [-0.39, 0.29) is 18.1 Å². The number of nitrogens with one attached hydrogen (secondary N) is 2. The van der Waals surface area contributed by atoms with Gasteiger partial charge in [-0.3, -0.25) is 10.1 Å². The molecule has 2 N–H and O–H groups in total. The molecule has 210 valence electrons.